The topological polar surface area (TPSA) is 50.8 Å². The molecule has 2 fully saturated rings. The molecule has 5 nitrogen and oxygen atoms in total. The summed E-state index contributed by atoms with van der Waals surface area (Å²) in [7, 11) is 0. The third-order valence-electron chi connectivity index (χ3n) is 4.02. The fourth-order valence-corrected chi connectivity index (χ4v) is 2.70. The Morgan fingerprint density at radius 3 is 2.84 bits per heavy atom. The van der Waals surface area contributed by atoms with E-state index in [9.17, 15) is 4.79 Å². The Bertz CT molecular complexity index is 340. The summed E-state index contributed by atoms with van der Waals surface area (Å²) < 4.78 is 11.4. The van der Waals surface area contributed by atoms with E-state index in [1.54, 1.807) is 6.08 Å². The van der Waals surface area contributed by atoms with Gasteiger partial charge in [0.15, 0.2) is 5.79 Å². The van der Waals surface area contributed by atoms with Crippen LogP contribution in [0.2, 0.25) is 0 Å². The van der Waals surface area contributed by atoms with Crippen LogP contribution in [-0.4, -0.2) is 49.1 Å². The highest BCUT2D eigenvalue weighted by Gasteiger charge is 2.42. The van der Waals surface area contributed by atoms with Gasteiger partial charge in [0.1, 0.15) is 0 Å². The summed E-state index contributed by atoms with van der Waals surface area (Å²) in [6, 6.07) is -0.0406. The Balaban J connectivity index is 1.93. The number of hydrogen-bond acceptors (Lipinski definition) is 3. The van der Waals surface area contributed by atoms with Crippen molar-refractivity contribution in [3.05, 3.63) is 12.7 Å². The summed E-state index contributed by atoms with van der Waals surface area (Å²) in [6.45, 7) is 10.3. The summed E-state index contributed by atoms with van der Waals surface area (Å²) in [5.74, 6) is -0.281. The van der Waals surface area contributed by atoms with Gasteiger partial charge in [-0.1, -0.05) is 6.08 Å². The van der Waals surface area contributed by atoms with Gasteiger partial charge in [-0.25, -0.2) is 4.79 Å². The van der Waals surface area contributed by atoms with Crippen LogP contribution in [0, 0.1) is 5.92 Å². The zero-order chi connectivity index (χ0) is 13.9. The van der Waals surface area contributed by atoms with E-state index >= 15 is 0 Å². The fraction of sp³-hybridized carbons (Fsp3) is 0.786. The molecule has 0 saturated carbocycles. The molecular weight excluding hydrogens is 244 g/mol. The van der Waals surface area contributed by atoms with Gasteiger partial charge in [0.25, 0.3) is 0 Å². The minimum Gasteiger partial charge on any atom is -0.347 e. The number of urea groups is 1. The number of likely N-dealkylation sites (tertiary alicyclic amines) is 1. The molecule has 0 radical (unpaired) electrons. The number of nitrogens with zero attached hydrogens (tertiary/aromatic N) is 1. The second kappa shape index (κ2) is 5.92. The lowest BCUT2D eigenvalue weighted by molar-refractivity contribution is -0.189. The number of rotatable bonds is 3. The number of hydrogen-bond donors (Lipinski definition) is 1. The van der Waals surface area contributed by atoms with Crippen molar-refractivity contribution in [2.45, 2.75) is 38.5 Å². The third-order valence-corrected chi connectivity index (χ3v) is 4.02. The van der Waals surface area contributed by atoms with Crippen LogP contribution in [0.5, 0.6) is 0 Å². The van der Waals surface area contributed by atoms with Gasteiger partial charge in [0.05, 0.1) is 13.2 Å². The van der Waals surface area contributed by atoms with Crippen LogP contribution in [0.15, 0.2) is 12.7 Å². The quantitative estimate of drug-likeness (QED) is 0.793. The highest BCUT2D eigenvalue weighted by Crippen LogP contribution is 2.33. The van der Waals surface area contributed by atoms with Gasteiger partial charge < -0.3 is 19.7 Å². The second-order valence-corrected chi connectivity index (χ2v) is 5.47. The molecule has 0 aromatic rings. The first-order chi connectivity index (χ1) is 9.05. The van der Waals surface area contributed by atoms with Gasteiger partial charge in [-0.05, 0) is 26.7 Å². The highest BCUT2D eigenvalue weighted by molar-refractivity contribution is 5.74. The first kappa shape index (κ1) is 14.3. The van der Waals surface area contributed by atoms with Gasteiger partial charge in [-0.2, -0.15) is 0 Å². The molecule has 19 heavy (non-hydrogen) atoms. The molecule has 0 aliphatic carbocycles. The molecule has 0 unspecified atom stereocenters. The first-order valence-electron chi connectivity index (χ1n) is 7.01. The van der Waals surface area contributed by atoms with E-state index in [1.165, 1.54) is 0 Å². The molecule has 0 bridgehead atoms. The van der Waals surface area contributed by atoms with E-state index in [4.69, 9.17) is 9.47 Å². The maximum Gasteiger partial charge on any atom is 0.317 e. The van der Waals surface area contributed by atoms with E-state index in [0.29, 0.717) is 19.8 Å². The lowest BCUT2D eigenvalue weighted by Crippen LogP contribution is -2.52. The molecule has 0 aromatic carbocycles. The predicted octanol–water partition coefficient (Wildman–Crippen LogP) is 1.75. The first-order valence-corrected chi connectivity index (χ1v) is 7.01. The Kier molecular flexibility index (Phi) is 4.47. The Labute approximate surface area is 114 Å². The van der Waals surface area contributed by atoms with E-state index in [0.717, 1.165) is 19.4 Å². The molecule has 108 valence electrons. The van der Waals surface area contributed by atoms with Crippen LogP contribution in [0.3, 0.4) is 0 Å². The normalized spacial score (nSPS) is 27.9. The average Bonchev–Trinajstić information content (AvgIpc) is 2.87. The van der Waals surface area contributed by atoms with E-state index < -0.39 is 5.79 Å². The second-order valence-electron chi connectivity index (χ2n) is 5.47. The molecule has 2 saturated heterocycles. The molecule has 2 atom stereocenters. The van der Waals surface area contributed by atoms with Crippen LogP contribution in [-0.2, 0) is 9.47 Å². The number of amides is 2. The summed E-state index contributed by atoms with van der Waals surface area (Å²) in [5, 5.41) is 2.91. The molecule has 2 aliphatic rings. The maximum atomic E-state index is 12.1. The molecule has 2 amide bonds. The van der Waals surface area contributed by atoms with Gasteiger partial charge >= 0.3 is 6.03 Å². The van der Waals surface area contributed by atoms with Crippen LogP contribution < -0.4 is 5.32 Å². The van der Waals surface area contributed by atoms with Crippen molar-refractivity contribution in [3.63, 3.8) is 0 Å². The largest absolute Gasteiger partial charge is 0.347 e. The summed E-state index contributed by atoms with van der Waals surface area (Å²) in [4.78, 5) is 14.0. The van der Waals surface area contributed by atoms with Crippen molar-refractivity contribution in [2.24, 2.45) is 5.92 Å². The van der Waals surface area contributed by atoms with Crippen LogP contribution in [0.1, 0.15) is 26.7 Å². The minimum absolute atomic E-state index is 0.0116. The van der Waals surface area contributed by atoms with E-state index in [-0.39, 0.29) is 18.0 Å². The molecule has 2 aliphatic heterocycles. The van der Waals surface area contributed by atoms with Crippen molar-refractivity contribution in [3.8, 4) is 0 Å². The fourth-order valence-electron chi connectivity index (χ4n) is 2.70. The Morgan fingerprint density at radius 2 is 2.21 bits per heavy atom. The molecule has 0 spiro atoms. The highest BCUT2D eigenvalue weighted by atomic mass is 16.7. The molecule has 0 aromatic heterocycles. The maximum absolute atomic E-state index is 12.1. The third kappa shape index (κ3) is 3.28. The van der Waals surface area contributed by atoms with E-state index in [2.05, 4.69) is 11.9 Å². The van der Waals surface area contributed by atoms with Gasteiger partial charge in [-0.3, -0.25) is 0 Å². The van der Waals surface area contributed by atoms with Crippen molar-refractivity contribution in [1.82, 2.24) is 10.2 Å². The van der Waals surface area contributed by atoms with Crippen molar-refractivity contribution >= 4 is 6.03 Å². The van der Waals surface area contributed by atoms with Crippen LogP contribution >= 0.6 is 0 Å². The lowest BCUT2D eigenvalue weighted by atomic mass is 9.90. The Hall–Kier alpha value is -1.07. The van der Waals surface area contributed by atoms with Gasteiger partial charge in [0, 0.05) is 25.0 Å². The average molecular weight is 268 g/mol. The zero-order valence-corrected chi connectivity index (χ0v) is 11.9. The van der Waals surface area contributed by atoms with Crippen LogP contribution in [0.25, 0.3) is 0 Å². The zero-order valence-electron chi connectivity index (χ0n) is 11.9. The number of carbonyl (C=O) groups excluding carboxylic acids is 1. The SMILES string of the molecule is C=C[C@@H](C)NC(=O)N1CCC[C@H](C2(C)OCCO2)C1. The number of carbonyl (C=O) groups is 1. The molecular formula is C14H24N2O3. The summed E-state index contributed by atoms with van der Waals surface area (Å²) in [6.07, 6.45) is 3.75. The minimum atomic E-state index is -0.525. The molecule has 2 heterocycles. The van der Waals surface area contributed by atoms with Gasteiger partial charge in [-0.15, -0.1) is 6.58 Å². The smallest absolute Gasteiger partial charge is 0.317 e. The van der Waals surface area contributed by atoms with Crippen molar-refractivity contribution in [2.75, 3.05) is 26.3 Å². The number of nitrogens with one attached hydrogen (secondary N) is 1. The van der Waals surface area contributed by atoms with Gasteiger partial charge in [0.2, 0.25) is 0 Å². The monoisotopic (exact) mass is 268 g/mol. The molecule has 1 N–H and O–H groups in total. The van der Waals surface area contributed by atoms with Crippen LogP contribution in [0.4, 0.5) is 4.79 Å². The van der Waals surface area contributed by atoms with Crippen molar-refractivity contribution in [1.29, 1.82) is 0 Å². The van der Waals surface area contributed by atoms with Crippen molar-refractivity contribution < 1.29 is 14.3 Å². The number of ether oxygens (including phenoxy) is 2. The predicted molar refractivity (Wildman–Crippen MR) is 72.8 cm³/mol. The summed E-state index contributed by atoms with van der Waals surface area (Å²) >= 11 is 0. The summed E-state index contributed by atoms with van der Waals surface area (Å²) in [5.41, 5.74) is 0. The standard InChI is InChI=1S/C14H24N2O3/c1-4-11(2)15-13(17)16-7-5-6-12(10-16)14(3)18-8-9-19-14/h4,11-12H,1,5-10H2,2-3H3,(H,15,17)/t11-,12+/m1/s1. The lowest BCUT2D eigenvalue weighted by Gasteiger charge is -2.40. The Morgan fingerprint density at radius 1 is 1.53 bits per heavy atom. The number of piperidine rings is 1. The molecule has 2 rings (SSSR count). The van der Waals surface area contributed by atoms with E-state index in [1.807, 2.05) is 18.7 Å². The molecule has 5 heteroatoms.